The molecular formula is C13H16BrN3S. The fourth-order valence-corrected chi connectivity index (χ4v) is 3.20. The number of nitrogens with zero attached hydrogens (tertiary/aromatic N) is 2. The van der Waals surface area contributed by atoms with Crippen molar-refractivity contribution in [3.63, 3.8) is 0 Å². The van der Waals surface area contributed by atoms with Gasteiger partial charge in [0, 0.05) is 35.0 Å². The summed E-state index contributed by atoms with van der Waals surface area (Å²) in [4.78, 5) is 7.57. The van der Waals surface area contributed by atoms with Gasteiger partial charge in [0.25, 0.3) is 0 Å². The average molecular weight is 326 g/mol. The molecule has 0 saturated heterocycles. The number of pyridine rings is 1. The molecule has 2 rings (SSSR count). The van der Waals surface area contributed by atoms with Gasteiger partial charge in [-0.1, -0.05) is 0 Å². The lowest BCUT2D eigenvalue weighted by Gasteiger charge is -2.20. The highest BCUT2D eigenvalue weighted by Gasteiger charge is 2.11. The van der Waals surface area contributed by atoms with Crippen LogP contribution in [0.15, 0.2) is 34.4 Å². The summed E-state index contributed by atoms with van der Waals surface area (Å²) in [6.07, 6.45) is 3.68. The van der Waals surface area contributed by atoms with Crippen molar-refractivity contribution in [2.45, 2.75) is 13.0 Å². The van der Waals surface area contributed by atoms with Crippen molar-refractivity contribution in [1.82, 2.24) is 4.98 Å². The van der Waals surface area contributed by atoms with Gasteiger partial charge in [0.1, 0.15) is 0 Å². The maximum absolute atomic E-state index is 4.18. The highest BCUT2D eigenvalue weighted by molar-refractivity contribution is 9.10. The van der Waals surface area contributed by atoms with Gasteiger partial charge in [-0.3, -0.25) is 4.98 Å². The SMILES string of the molecule is CC(Nc1cnccc1N(C)C)c1cc(Br)cs1. The molecule has 2 aromatic heterocycles. The smallest absolute Gasteiger partial charge is 0.0769 e. The Labute approximate surface area is 120 Å². The normalized spacial score (nSPS) is 12.2. The summed E-state index contributed by atoms with van der Waals surface area (Å²) in [5.41, 5.74) is 2.20. The predicted molar refractivity (Wildman–Crippen MR) is 82.6 cm³/mol. The van der Waals surface area contributed by atoms with Gasteiger partial charge in [-0.05, 0) is 35.0 Å². The van der Waals surface area contributed by atoms with Crippen LogP contribution in [0.25, 0.3) is 0 Å². The monoisotopic (exact) mass is 325 g/mol. The number of thiophene rings is 1. The first-order chi connectivity index (χ1) is 8.58. The van der Waals surface area contributed by atoms with E-state index < -0.39 is 0 Å². The lowest BCUT2D eigenvalue weighted by atomic mass is 10.2. The Morgan fingerprint density at radius 3 is 2.83 bits per heavy atom. The van der Waals surface area contributed by atoms with Gasteiger partial charge >= 0.3 is 0 Å². The molecule has 0 fully saturated rings. The zero-order valence-corrected chi connectivity index (χ0v) is 13.0. The molecular weight excluding hydrogens is 310 g/mol. The number of aromatic nitrogens is 1. The molecule has 2 aromatic rings. The van der Waals surface area contributed by atoms with E-state index in [1.54, 1.807) is 11.3 Å². The van der Waals surface area contributed by atoms with Crippen LogP contribution in [0.4, 0.5) is 11.4 Å². The zero-order valence-electron chi connectivity index (χ0n) is 10.6. The molecule has 0 spiro atoms. The fraction of sp³-hybridized carbons (Fsp3) is 0.308. The molecule has 5 heteroatoms. The first kappa shape index (κ1) is 13.4. The quantitative estimate of drug-likeness (QED) is 0.915. The van der Waals surface area contributed by atoms with E-state index in [2.05, 4.69) is 49.5 Å². The molecule has 1 unspecified atom stereocenters. The molecule has 0 amide bonds. The second-order valence-corrected chi connectivity index (χ2v) is 6.18. The fourth-order valence-electron chi connectivity index (χ4n) is 1.75. The van der Waals surface area contributed by atoms with Gasteiger partial charge in [0.15, 0.2) is 0 Å². The third kappa shape index (κ3) is 3.03. The van der Waals surface area contributed by atoms with Crippen LogP contribution in [0.5, 0.6) is 0 Å². The van der Waals surface area contributed by atoms with E-state index in [1.165, 1.54) is 4.88 Å². The maximum Gasteiger partial charge on any atom is 0.0769 e. The Morgan fingerprint density at radius 2 is 2.22 bits per heavy atom. The highest BCUT2D eigenvalue weighted by atomic mass is 79.9. The van der Waals surface area contributed by atoms with Gasteiger partial charge in [0.05, 0.1) is 23.6 Å². The van der Waals surface area contributed by atoms with Crippen molar-refractivity contribution in [1.29, 1.82) is 0 Å². The minimum atomic E-state index is 0.268. The Morgan fingerprint density at radius 1 is 1.44 bits per heavy atom. The van der Waals surface area contributed by atoms with E-state index in [4.69, 9.17) is 0 Å². The molecule has 0 aliphatic rings. The molecule has 2 heterocycles. The summed E-state index contributed by atoms with van der Waals surface area (Å²) >= 11 is 5.23. The van der Waals surface area contributed by atoms with E-state index in [-0.39, 0.29) is 6.04 Å². The van der Waals surface area contributed by atoms with Crippen molar-refractivity contribution in [2.24, 2.45) is 0 Å². The summed E-state index contributed by atoms with van der Waals surface area (Å²) in [6.45, 7) is 2.16. The third-order valence-corrected chi connectivity index (χ3v) is 4.54. The summed E-state index contributed by atoms with van der Waals surface area (Å²) in [5, 5.41) is 5.61. The molecule has 0 aliphatic carbocycles. The zero-order chi connectivity index (χ0) is 13.1. The number of rotatable bonds is 4. The summed E-state index contributed by atoms with van der Waals surface area (Å²) in [7, 11) is 4.07. The van der Waals surface area contributed by atoms with Crippen molar-refractivity contribution in [3.05, 3.63) is 39.3 Å². The van der Waals surface area contributed by atoms with Crippen LogP contribution in [-0.4, -0.2) is 19.1 Å². The molecule has 3 nitrogen and oxygen atoms in total. The molecule has 0 saturated carbocycles. The van der Waals surface area contributed by atoms with E-state index >= 15 is 0 Å². The van der Waals surface area contributed by atoms with Crippen LogP contribution >= 0.6 is 27.3 Å². The van der Waals surface area contributed by atoms with Crippen molar-refractivity contribution in [3.8, 4) is 0 Å². The minimum absolute atomic E-state index is 0.268. The van der Waals surface area contributed by atoms with Crippen molar-refractivity contribution < 1.29 is 0 Å². The third-order valence-electron chi connectivity index (χ3n) is 2.67. The van der Waals surface area contributed by atoms with Gasteiger partial charge in [-0.25, -0.2) is 0 Å². The number of hydrogen-bond acceptors (Lipinski definition) is 4. The first-order valence-electron chi connectivity index (χ1n) is 5.69. The maximum atomic E-state index is 4.18. The molecule has 0 aromatic carbocycles. The molecule has 96 valence electrons. The second-order valence-electron chi connectivity index (χ2n) is 4.32. The van der Waals surface area contributed by atoms with Gasteiger partial charge < -0.3 is 10.2 Å². The minimum Gasteiger partial charge on any atom is -0.376 e. The Kier molecular flexibility index (Phi) is 4.24. The molecule has 0 bridgehead atoms. The molecule has 18 heavy (non-hydrogen) atoms. The van der Waals surface area contributed by atoms with E-state index in [0.717, 1.165) is 15.8 Å². The second kappa shape index (κ2) is 5.71. The largest absolute Gasteiger partial charge is 0.376 e. The van der Waals surface area contributed by atoms with Crippen LogP contribution in [-0.2, 0) is 0 Å². The summed E-state index contributed by atoms with van der Waals surface area (Å²) in [5.74, 6) is 0. The van der Waals surface area contributed by atoms with E-state index in [9.17, 15) is 0 Å². The summed E-state index contributed by atoms with van der Waals surface area (Å²) in [6, 6.07) is 4.43. The molecule has 1 atom stereocenters. The van der Waals surface area contributed by atoms with Crippen molar-refractivity contribution in [2.75, 3.05) is 24.3 Å². The number of anilines is 2. The van der Waals surface area contributed by atoms with Crippen LogP contribution < -0.4 is 10.2 Å². The first-order valence-corrected chi connectivity index (χ1v) is 7.37. The van der Waals surface area contributed by atoms with Crippen LogP contribution in [0.3, 0.4) is 0 Å². The highest BCUT2D eigenvalue weighted by Crippen LogP contribution is 2.30. The predicted octanol–water partition coefficient (Wildman–Crippen LogP) is 4.14. The van der Waals surface area contributed by atoms with Gasteiger partial charge in [-0.2, -0.15) is 0 Å². The van der Waals surface area contributed by atoms with Gasteiger partial charge in [0.2, 0.25) is 0 Å². The molecule has 0 radical (unpaired) electrons. The number of hydrogen-bond donors (Lipinski definition) is 1. The van der Waals surface area contributed by atoms with E-state index in [0.29, 0.717) is 0 Å². The summed E-state index contributed by atoms with van der Waals surface area (Å²) < 4.78 is 1.13. The molecule has 0 aliphatic heterocycles. The van der Waals surface area contributed by atoms with Crippen LogP contribution in [0.1, 0.15) is 17.8 Å². The average Bonchev–Trinajstić information content (AvgIpc) is 2.76. The lowest BCUT2D eigenvalue weighted by molar-refractivity contribution is 0.902. The standard InChI is InChI=1S/C13H16BrN3S/c1-9(13-6-10(14)8-18-13)16-11-7-15-5-4-12(11)17(2)3/h4-9,16H,1-3H3. The number of halogens is 1. The number of nitrogens with one attached hydrogen (secondary N) is 1. The Bertz CT molecular complexity index is 524. The topological polar surface area (TPSA) is 28.2 Å². The molecule has 1 N–H and O–H groups in total. The van der Waals surface area contributed by atoms with Crippen LogP contribution in [0, 0.1) is 0 Å². The van der Waals surface area contributed by atoms with E-state index in [1.807, 2.05) is 32.6 Å². The van der Waals surface area contributed by atoms with Crippen LogP contribution in [0.2, 0.25) is 0 Å². The van der Waals surface area contributed by atoms with Gasteiger partial charge in [-0.15, -0.1) is 11.3 Å². The van der Waals surface area contributed by atoms with Crippen molar-refractivity contribution >= 4 is 38.6 Å². The lowest BCUT2D eigenvalue weighted by Crippen LogP contribution is -2.13. The Hall–Kier alpha value is -1.07. The Balaban J connectivity index is 2.19.